The second-order valence-electron chi connectivity index (χ2n) is 19.9. The minimum Gasteiger partial charge on any atom is -0.481 e. The molecule has 2 aromatic rings. The molecule has 0 heterocycles. The van der Waals surface area contributed by atoms with Crippen LogP contribution >= 0.6 is 0 Å². The Hall–Kier alpha value is -7.47. The van der Waals surface area contributed by atoms with Gasteiger partial charge in [-0.1, -0.05) is 116 Å². The number of hydrogen-bond acceptors (Lipinski definition) is 13. The van der Waals surface area contributed by atoms with Crippen molar-refractivity contribution in [3.8, 4) is 0 Å². The van der Waals surface area contributed by atoms with Gasteiger partial charge in [-0.25, -0.2) is 4.79 Å². The molecule has 2 aromatic carbocycles. The molecular weight excluding hydrogens is 977 g/mol. The molecular formula is C51H76N10O14. The predicted octanol–water partition coefficient (Wildman–Crippen LogP) is -1.49. The van der Waals surface area contributed by atoms with E-state index in [0.717, 1.165) is 5.56 Å². The van der Waals surface area contributed by atoms with Crippen molar-refractivity contribution < 1.29 is 68.1 Å². The number of aliphatic hydroxyl groups excluding tert-OH is 1. The molecule has 9 atom stereocenters. The Morgan fingerprint density at radius 2 is 0.800 bits per heavy atom. The highest BCUT2D eigenvalue weighted by Crippen LogP contribution is 2.13. The average Bonchev–Trinajstić information content (AvgIpc) is 3.32. The van der Waals surface area contributed by atoms with Crippen molar-refractivity contribution in [2.75, 3.05) is 6.61 Å². The number of benzene rings is 2. The van der Waals surface area contributed by atoms with Gasteiger partial charge in [-0.15, -0.1) is 0 Å². The second kappa shape index (κ2) is 31.3. The van der Waals surface area contributed by atoms with Gasteiger partial charge in [0, 0.05) is 6.42 Å². The lowest BCUT2D eigenvalue weighted by atomic mass is 9.99. The topological polar surface area (TPSA) is 397 Å². The maximum absolute atomic E-state index is 14.2. The summed E-state index contributed by atoms with van der Waals surface area (Å²) in [4.78, 5) is 146. The van der Waals surface area contributed by atoms with Crippen LogP contribution < -0.4 is 54.0 Å². The van der Waals surface area contributed by atoms with E-state index in [4.69, 9.17) is 11.5 Å². The highest BCUT2D eigenvalue weighted by atomic mass is 16.4. The first-order chi connectivity index (χ1) is 35.1. The normalized spacial score (nSPS) is 14.9. The average molecular weight is 1050 g/mol. The molecule has 0 radical (unpaired) electrons. The lowest BCUT2D eigenvalue weighted by Crippen LogP contribution is -2.62. The largest absolute Gasteiger partial charge is 0.481 e. The zero-order chi connectivity index (χ0) is 56.7. The van der Waals surface area contributed by atoms with Gasteiger partial charge in [0.2, 0.25) is 53.2 Å². The minimum atomic E-state index is -1.84. The maximum Gasteiger partial charge on any atom is 0.326 e. The first-order valence-corrected chi connectivity index (χ1v) is 24.7. The van der Waals surface area contributed by atoms with Gasteiger partial charge < -0.3 is 69.3 Å². The van der Waals surface area contributed by atoms with Gasteiger partial charge in [0.05, 0.1) is 25.5 Å². The highest BCUT2D eigenvalue weighted by Gasteiger charge is 2.37. The molecule has 0 bridgehead atoms. The van der Waals surface area contributed by atoms with E-state index in [1.807, 2.05) is 0 Å². The third-order valence-corrected chi connectivity index (χ3v) is 11.6. The summed E-state index contributed by atoms with van der Waals surface area (Å²) in [6, 6.07) is 3.81. The summed E-state index contributed by atoms with van der Waals surface area (Å²) in [6.45, 7) is 12.1. The van der Waals surface area contributed by atoms with E-state index in [1.54, 1.807) is 102 Å². The van der Waals surface area contributed by atoms with Crippen LogP contribution in [0.2, 0.25) is 0 Å². The van der Waals surface area contributed by atoms with Gasteiger partial charge in [-0.05, 0) is 54.1 Å². The zero-order valence-corrected chi connectivity index (χ0v) is 43.7. The van der Waals surface area contributed by atoms with Crippen molar-refractivity contribution >= 4 is 65.1 Å². The summed E-state index contributed by atoms with van der Waals surface area (Å²) in [5, 5.41) is 49.1. The van der Waals surface area contributed by atoms with Crippen LogP contribution in [0.25, 0.3) is 0 Å². The van der Waals surface area contributed by atoms with Crippen LogP contribution in [0, 0.1) is 23.7 Å². The van der Waals surface area contributed by atoms with Gasteiger partial charge in [-0.2, -0.15) is 0 Å². The van der Waals surface area contributed by atoms with E-state index in [9.17, 15) is 68.1 Å². The Labute approximate surface area is 436 Å². The highest BCUT2D eigenvalue weighted by molar-refractivity contribution is 5.99. The van der Waals surface area contributed by atoms with E-state index < -0.39 is 151 Å². The molecule has 0 aliphatic carbocycles. The number of carboxylic acid groups (broad SMARTS) is 2. The molecule has 0 spiro atoms. The van der Waals surface area contributed by atoms with Gasteiger partial charge >= 0.3 is 11.9 Å². The number of nitrogens with one attached hydrogen (secondary N) is 8. The van der Waals surface area contributed by atoms with Crippen molar-refractivity contribution in [3.05, 3.63) is 71.8 Å². The van der Waals surface area contributed by atoms with E-state index in [0.29, 0.717) is 5.56 Å². The number of hydrogen-bond donors (Lipinski definition) is 13. The van der Waals surface area contributed by atoms with Crippen LogP contribution in [-0.2, 0) is 65.6 Å². The summed E-state index contributed by atoms with van der Waals surface area (Å²) < 4.78 is 0. The fourth-order valence-electron chi connectivity index (χ4n) is 7.60. The van der Waals surface area contributed by atoms with Crippen LogP contribution in [-0.4, -0.2) is 141 Å². The molecule has 0 saturated carbocycles. The summed E-state index contributed by atoms with van der Waals surface area (Å²) >= 11 is 0. The fraction of sp³-hybridized carbons (Fsp3) is 0.549. The first-order valence-electron chi connectivity index (χ1n) is 24.7. The van der Waals surface area contributed by atoms with Crippen molar-refractivity contribution in [3.63, 3.8) is 0 Å². The molecule has 75 heavy (non-hydrogen) atoms. The van der Waals surface area contributed by atoms with Gasteiger partial charge in [0.15, 0.2) is 0 Å². The smallest absolute Gasteiger partial charge is 0.326 e. The lowest BCUT2D eigenvalue weighted by molar-refractivity contribution is -0.144. The Bertz CT molecular complexity index is 2280. The number of aliphatic carboxylic acids is 2. The number of carboxylic acids is 2. The van der Waals surface area contributed by atoms with E-state index >= 15 is 0 Å². The number of amides is 9. The van der Waals surface area contributed by atoms with Crippen LogP contribution in [0.15, 0.2) is 60.7 Å². The molecule has 24 heteroatoms. The standard InChI is InChI=1S/C51H76N10O14/c1-26(2)19-33(54-43(66)32(52)21-30-15-11-9-12-16-30)44(67)57-37(24-40(64)65)47(70)59-38(25-62)49(72)60-41(28(5)6)50(73)58-35(22-31-17-13-10-14-18-31)45(68)56-36(23-39(53)63)46(69)55-34(20-27(3)4)48(71)61-42(29(7)8)51(74)75/h9-18,26-29,32-38,41-42,62H,19-25,52H2,1-8H3,(H2,53,63)(H,54,66)(H,55,69)(H,56,68)(H,57,67)(H,58,73)(H,59,70)(H,60,72)(H,61,71)(H,64,65)(H,74,75)/t32-,33-,34-,35-,36-,37-,38-,41-,42-/m0/s1. The van der Waals surface area contributed by atoms with Crippen molar-refractivity contribution in [2.45, 2.75) is 148 Å². The maximum atomic E-state index is 14.2. The number of rotatable bonds is 32. The van der Waals surface area contributed by atoms with Gasteiger partial charge in [-0.3, -0.25) is 47.9 Å². The van der Waals surface area contributed by atoms with Gasteiger partial charge in [0.25, 0.3) is 0 Å². The van der Waals surface area contributed by atoms with Crippen LogP contribution in [0.3, 0.4) is 0 Å². The molecule has 2 rings (SSSR count). The number of nitrogens with two attached hydrogens (primary N) is 2. The van der Waals surface area contributed by atoms with Crippen molar-refractivity contribution in [1.82, 2.24) is 42.5 Å². The number of carbonyl (C=O) groups excluding carboxylic acids is 9. The Kier molecular flexibility index (Phi) is 26.6. The third kappa shape index (κ3) is 22.7. The third-order valence-electron chi connectivity index (χ3n) is 11.6. The summed E-state index contributed by atoms with van der Waals surface area (Å²) in [5.41, 5.74) is 12.9. The number of primary amides is 1. The van der Waals surface area contributed by atoms with Crippen molar-refractivity contribution in [1.29, 1.82) is 0 Å². The summed E-state index contributed by atoms with van der Waals surface area (Å²) in [5.74, 6) is -13.3. The molecule has 0 aliphatic rings. The second-order valence-corrected chi connectivity index (χ2v) is 19.9. The molecule has 15 N–H and O–H groups in total. The van der Waals surface area contributed by atoms with Crippen LogP contribution in [0.4, 0.5) is 0 Å². The van der Waals surface area contributed by atoms with E-state index in [2.05, 4.69) is 42.5 Å². The van der Waals surface area contributed by atoms with Crippen LogP contribution in [0.5, 0.6) is 0 Å². The quantitative estimate of drug-likeness (QED) is 0.0397. The predicted molar refractivity (Wildman–Crippen MR) is 273 cm³/mol. The molecule has 0 saturated heterocycles. The summed E-state index contributed by atoms with van der Waals surface area (Å²) in [6.07, 6.45) is -1.73. The molecule has 24 nitrogen and oxygen atoms in total. The molecule has 0 fully saturated rings. The molecule has 0 aromatic heterocycles. The van der Waals surface area contributed by atoms with Crippen molar-refractivity contribution in [2.24, 2.45) is 35.1 Å². The van der Waals surface area contributed by atoms with E-state index in [1.165, 1.54) is 13.8 Å². The Morgan fingerprint density at radius 1 is 0.440 bits per heavy atom. The van der Waals surface area contributed by atoms with Gasteiger partial charge in [0.1, 0.15) is 48.3 Å². The molecule has 0 aliphatic heterocycles. The minimum absolute atomic E-state index is 0.0282. The monoisotopic (exact) mass is 1050 g/mol. The fourth-order valence-corrected chi connectivity index (χ4v) is 7.60. The summed E-state index contributed by atoms with van der Waals surface area (Å²) in [7, 11) is 0. The SMILES string of the molecule is CC(C)C[C@H](NC(=O)[C@H](CC(N)=O)NC(=O)[C@H](Cc1ccccc1)NC(=O)[C@@H](NC(=O)[C@H](CO)NC(=O)[C@H](CC(=O)O)NC(=O)[C@H](CC(C)C)NC(=O)[C@@H](N)Cc1ccccc1)C(C)C)C(=O)N[C@H](C(=O)O)C(C)C. The lowest BCUT2D eigenvalue weighted by Gasteiger charge is -2.29. The van der Waals surface area contributed by atoms with Crippen LogP contribution in [0.1, 0.15) is 92.2 Å². The first kappa shape index (κ1) is 63.6. The molecule has 0 unspecified atom stereocenters. The Balaban J connectivity index is 2.36. The molecule has 9 amide bonds. The number of carbonyl (C=O) groups is 11. The Morgan fingerprint density at radius 3 is 1.23 bits per heavy atom. The van der Waals surface area contributed by atoms with E-state index in [-0.39, 0.29) is 37.5 Å². The zero-order valence-electron chi connectivity index (χ0n) is 43.7. The molecule has 414 valence electrons. The number of aliphatic hydroxyl groups is 1.